The highest BCUT2D eigenvalue weighted by Gasteiger charge is 2.36. The lowest BCUT2D eigenvalue weighted by atomic mass is 9.94. The molecule has 1 rings (SSSR count). The number of ether oxygens (including phenoxy) is 1. The summed E-state index contributed by atoms with van der Waals surface area (Å²) in [6, 6.07) is 0. The fourth-order valence-corrected chi connectivity index (χ4v) is 1.63. The molecule has 1 heterocycles. The number of carboxylic acid groups (broad SMARTS) is 1. The van der Waals surface area contributed by atoms with Gasteiger partial charge in [0.2, 0.25) is 0 Å². The largest absolute Gasteiger partial charge is 0.481 e. The van der Waals surface area contributed by atoms with Gasteiger partial charge in [0, 0.05) is 6.61 Å². The second-order valence-electron chi connectivity index (χ2n) is 3.58. The van der Waals surface area contributed by atoms with E-state index >= 15 is 0 Å². The molecule has 0 bridgehead atoms. The van der Waals surface area contributed by atoms with Crippen LogP contribution < -0.4 is 5.32 Å². The van der Waals surface area contributed by atoms with Crippen LogP contribution >= 0.6 is 0 Å². The third kappa shape index (κ3) is 2.97. The quantitative estimate of drug-likeness (QED) is 0.662. The molecular weight excluding hydrogens is 170 g/mol. The Kier molecular flexibility index (Phi) is 3.69. The van der Waals surface area contributed by atoms with Crippen LogP contribution in [0.4, 0.5) is 0 Å². The molecule has 0 aromatic heterocycles. The highest BCUT2D eigenvalue weighted by Crippen LogP contribution is 2.22. The van der Waals surface area contributed by atoms with Crippen molar-refractivity contribution in [1.29, 1.82) is 0 Å². The highest BCUT2D eigenvalue weighted by molar-refractivity contribution is 5.68. The molecule has 1 saturated heterocycles. The van der Waals surface area contributed by atoms with Gasteiger partial charge < -0.3 is 15.2 Å². The Labute approximate surface area is 78.3 Å². The number of hydrogen-bond donors (Lipinski definition) is 2. The van der Waals surface area contributed by atoms with Crippen LogP contribution in [-0.4, -0.2) is 36.4 Å². The second-order valence-corrected chi connectivity index (χ2v) is 3.58. The Balaban J connectivity index is 2.47. The minimum Gasteiger partial charge on any atom is -0.481 e. The van der Waals surface area contributed by atoms with Crippen LogP contribution in [0.1, 0.15) is 26.2 Å². The van der Waals surface area contributed by atoms with E-state index in [1.807, 2.05) is 0 Å². The van der Waals surface area contributed by atoms with Crippen molar-refractivity contribution >= 4 is 5.97 Å². The van der Waals surface area contributed by atoms with Crippen LogP contribution in [-0.2, 0) is 9.53 Å². The zero-order chi connectivity index (χ0) is 9.73. The first-order chi connectivity index (χ1) is 6.18. The van der Waals surface area contributed by atoms with Gasteiger partial charge >= 0.3 is 5.97 Å². The molecule has 0 spiro atoms. The predicted octanol–water partition coefficient (Wildman–Crippen LogP) is 0.620. The zero-order valence-electron chi connectivity index (χ0n) is 8.01. The Bertz CT molecular complexity index is 176. The van der Waals surface area contributed by atoms with Gasteiger partial charge in [-0.15, -0.1) is 0 Å². The third-order valence-corrected chi connectivity index (χ3v) is 2.34. The van der Waals surface area contributed by atoms with E-state index in [0.717, 1.165) is 19.4 Å². The topological polar surface area (TPSA) is 58.6 Å². The second kappa shape index (κ2) is 4.58. The molecule has 2 N–H and O–H groups in total. The zero-order valence-corrected chi connectivity index (χ0v) is 8.01. The van der Waals surface area contributed by atoms with E-state index in [1.54, 1.807) is 0 Å². The first-order valence-corrected chi connectivity index (χ1v) is 4.73. The number of nitrogens with one attached hydrogen (secondary N) is 1. The maximum Gasteiger partial charge on any atom is 0.305 e. The summed E-state index contributed by atoms with van der Waals surface area (Å²) in [6.45, 7) is 4.12. The van der Waals surface area contributed by atoms with Gasteiger partial charge in [0.1, 0.15) is 0 Å². The number of carbonyl (C=O) groups is 1. The van der Waals surface area contributed by atoms with Gasteiger partial charge in [0.25, 0.3) is 0 Å². The van der Waals surface area contributed by atoms with Gasteiger partial charge in [-0.25, -0.2) is 0 Å². The van der Waals surface area contributed by atoms with E-state index in [4.69, 9.17) is 9.84 Å². The molecule has 13 heavy (non-hydrogen) atoms. The Hall–Kier alpha value is -0.610. The summed E-state index contributed by atoms with van der Waals surface area (Å²) in [5.74, 6) is -0.755. The predicted molar refractivity (Wildman–Crippen MR) is 48.7 cm³/mol. The lowest BCUT2D eigenvalue weighted by Crippen LogP contribution is -2.47. The monoisotopic (exact) mass is 187 g/mol. The minimum absolute atomic E-state index is 0.160. The van der Waals surface area contributed by atoms with E-state index in [9.17, 15) is 4.79 Å². The Morgan fingerprint density at radius 2 is 2.46 bits per heavy atom. The molecule has 4 heteroatoms. The van der Waals surface area contributed by atoms with Crippen molar-refractivity contribution in [3.8, 4) is 0 Å². The maximum absolute atomic E-state index is 10.6. The van der Waals surface area contributed by atoms with E-state index in [2.05, 4.69) is 12.2 Å². The normalized spacial score (nSPS) is 27.8. The lowest BCUT2D eigenvalue weighted by molar-refractivity contribution is -0.138. The molecule has 1 unspecified atom stereocenters. The van der Waals surface area contributed by atoms with Crippen molar-refractivity contribution in [1.82, 2.24) is 5.32 Å². The van der Waals surface area contributed by atoms with Crippen LogP contribution in [0.15, 0.2) is 0 Å². The highest BCUT2D eigenvalue weighted by atomic mass is 16.5. The minimum atomic E-state index is -0.755. The van der Waals surface area contributed by atoms with Gasteiger partial charge in [-0.2, -0.15) is 0 Å². The standard InChI is InChI=1S/C9H17NO3/c1-2-4-10-9(6-8(11)12)3-5-13-7-9/h10H,2-7H2,1H3,(H,11,12). The first-order valence-electron chi connectivity index (χ1n) is 4.73. The fraction of sp³-hybridized carbons (Fsp3) is 0.889. The lowest BCUT2D eigenvalue weighted by Gasteiger charge is -2.26. The fourth-order valence-electron chi connectivity index (χ4n) is 1.63. The summed E-state index contributed by atoms with van der Waals surface area (Å²) in [6.07, 6.45) is 1.98. The van der Waals surface area contributed by atoms with Gasteiger partial charge in [0.15, 0.2) is 0 Å². The average Bonchev–Trinajstić information content (AvgIpc) is 2.49. The van der Waals surface area contributed by atoms with Gasteiger partial charge in [-0.05, 0) is 19.4 Å². The molecule has 0 amide bonds. The molecule has 1 aliphatic rings. The number of aliphatic carboxylic acids is 1. The van der Waals surface area contributed by atoms with Gasteiger partial charge in [-0.1, -0.05) is 6.92 Å². The van der Waals surface area contributed by atoms with Crippen molar-refractivity contribution < 1.29 is 14.6 Å². The first kappa shape index (κ1) is 10.5. The van der Waals surface area contributed by atoms with Gasteiger partial charge in [0.05, 0.1) is 18.6 Å². The van der Waals surface area contributed by atoms with Crippen molar-refractivity contribution in [3.63, 3.8) is 0 Å². The molecule has 0 saturated carbocycles. The molecule has 1 fully saturated rings. The molecule has 0 aromatic rings. The average molecular weight is 187 g/mol. The van der Waals surface area contributed by atoms with Crippen LogP contribution in [0, 0.1) is 0 Å². The molecule has 76 valence electrons. The van der Waals surface area contributed by atoms with Crippen molar-refractivity contribution in [3.05, 3.63) is 0 Å². The van der Waals surface area contributed by atoms with Crippen LogP contribution in [0.5, 0.6) is 0 Å². The molecular formula is C9H17NO3. The SMILES string of the molecule is CCCNC1(CC(=O)O)CCOC1. The summed E-state index contributed by atoms with van der Waals surface area (Å²) < 4.78 is 5.23. The number of carboxylic acids is 1. The van der Waals surface area contributed by atoms with Crippen molar-refractivity contribution in [2.45, 2.75) is 31.7 Å². The summed E-state index contributed by atoms with van der Waals surface area (Å²) >= 11 is 0. The summed E-state index contributed by atoms with van der Waals surface area (Å²) in [4.78, 5) is 10.6. The van der Waals surface area contributed by atoms with Crippen LogP contribution in [0.2, 0.25) is 0 Å². The molecule has 1 atom stereocenters. The summed E-state index contributed by atoms with van der Waals surface area (Å²) in [5.41, 5.74) is -0.304. The van der Waals surface area contributed by atoms with Gasteiger partial charge in [-0.3, -0.25) is 4.79 Å². The third-order valence-electron chi connectivity index (χ3n) is 2.34. The Morgan fingerprint density at radius 3 is 2.92 bits per heavy atom. The summed E-state index contributed by atoms with van der Waals surface area (Å²) in [5, 5.41) is 12.0. The maximum atomic E-state index is 10.6. The van der Waals surface area contributed by atoms with E-state index in [0.29, 0.717) is 13.2 Å². The van der Waals surface area contributed by atoms with Crippen LogP contribution in [0.3, 0.4) is 0 Å². The molecule has 4 nitrogen and oxygen atoms in total. The summed E-state index contributed by atoms with van der Waals surface area (Å²) in [7, 11) is 0. The number of hydrogen-bond acceptors (Lipinski definition) is 3. The Morgan fingerprint density at radius 1 is 1.69 bits per heavy atom. The van der Waals surface area contributed by atoms with Crippen molar-refractivity contribution in [2.24, 2.45) is 0 Å². The molecule has 0 aliphatic carbocycles. The molecule has 1 aliphatic heterocycles. The molecule has 0 aromatic carbocycles. The van der Waals surface area contributed by atoms with E-state index < -0.39 is 5.97 Å². The van der Waals surface area contributed by atoms with E-state index in [1.165, 1.54) is 0 Å². The van der Waals surface area contributed by atoms with E-state index in [-0.39, 0.29) is 12.0 Å². The smallest absolute Gasteiger partial charge is 0.305 e. The number of rotatable bonds is 5. The van der Waals surface area contributed by atoms with Crippen LogP contribution in [0.25, 0.3) is 0 Å². The molecule has 0 radical (unpaired) electrons. The van der Waals surface area contributed by atoms with Crippen molar-refractivity contribution in [2.75, 3.05) is 19.8 Å².